The number of anilines is 1. The summed E-state index contributed by atoms with van der Waals surface area (Å²) in [6, 6.07) is 4.15. The number of unbranched alkanes of at least 4 members (excludes halogenated alkanes) is 1. The molecule has 0 spiro atoms. The van der Waals surface area contributed by atoms with E-state index < -0.39 is 30.0 Å². The van der Waals surface area contributed by atoms with Gasteiger partial charge in [-0.05, 0) is 37.8 Å². The summed E-state index contributed by atoms with van der Waals surface area (Å²) in [6.45, 7) is 4.28. The third kappa shape index (κ3) is 6.73. The molecule has 34 heavy (non-hydrogen) atoms. The van der Waals surface area contributed by atoms with Gasteiger partial charge in [0.1, 0.15) is 12.3 Å². The number of hydrogen-bond donors (Lipinski definition) is 4. The number of aliphatic hydroxyl groups excluding tert-OH is 1. The van der Waals surface area contributed by atoms with Gasteiger partial charge in [0, 0.05) is 25.4 Å². The first kappa shape index (κ1) is 26.0. The van der Waals surface area contributed by atoms with Crippen molar-refractivity contribution in [2.75, 3.05) is 58.0 Å². The van der Waals surface area contributed by atoms with Crippen LogP contribution in [0.5, 0.6) is 0 Å². The first-order valence-corrected chi connectivity index (χ1v) is 11.7. The van der Waals surface area contributed by atoms with Crippen LogP contribution < -0.4 is 16.4 Å². The van der Waals surface area contributed by atoms with Crippen LogP contribution in [0.2, 0.25) is 0 Å². The fourth-order valence-corrected chi connectivity index (χ4v) is 3.94. The molecule has 0 aromatic heterocycles. The molecule has 0 saturated carbocycles. The third-order valence-corrected chi connectivity index (χ3v) is 5.62. The van der Waals surface area contributed by atoms with E-state index in [-0.39, 0.29) is 24.0 Å². The van der Waals surface area contributed by atoms with Crippen LogP contribution in [0.3, 0.4) is 0 Å². The second-order valence-corrected chi connectivity index (χ2v) is 8.09. The summed E-state index contributed by atoms with van der Waals surface area (Å²) < 4.78 is 16.1. The number of hydrogen-bond acceptors (Lipinski definition) is 9. The van der Waals surface area contributed by atoms with Gasteiger partial charge in [-0.2, -0.15) is 0 Å². The molecule has 1 fully saturated rings. The zero-order valence-corrected chi connectivity index (χ0v) is 19.3. The van der Waals surface area contributed by atoms with E-state index in [1.54, 1.807) is 18.2 Å². The van der Waals surface area contributed by atoms with Crippen molar-refractivity contribution in [3.8, 4) is 0 Å². The van der Waals surface area contributed by atoms with Crippen molar-refractivity contribution in [3.05, 3.63) is 29.3 Å². The molecule has 11 heteroatoms. The molecule has 2 aliphatic rings. The van der Waals surface area contributed by atoms with E-state index >= 15 is 0 Å². The monoisotopic (exact) mass is 478 g/mol. The van der Waals surface area contributed by atoms with Gasteiger partial charge in [0.2, 0.25) is 5.91 Å². The van der Waals surface area contributed by atoms with Gasteiger partial charge in [-0.3, -0.25) is 19.3 Å². The van der Waals surface area contributed by atoms with Crippen LogP contribution >= 0.6 is 0 Å². The zero-order chi connectivity index (χ0) is 24.3. The summed E-state index contributed by atoms with van der Waals surface area (Å²) in [5.41, 5.74) is 6.47. The Hall–Kier alpha value is -2.57. The van der Waals surface area contributed by atoms with Crippen LogP contribution in [0, 0.1) is 0 Å². The quantitative estimate of drug-likeness (QED) is 0.203. The SMILES string of the molecule is NCCOCCOCCOCCCCNc1cccc2c1C(=O)N(C1CCC(O)NC1=O)C2=O. The van der Waals surface area contributed by atoms with Crippen LogP contribution in [0.25, 0.3) is 0 Å². The van der Waals surface area contributed by atoms with Crippen molar-refractivity contribution in [1.29, 1.82) is 0 Å². The van der Waals surface area contributed by atoms with E-state index in [2.05, 4.69) is 10.6 Å². The zero-order valence-electron chi connectivity index (χ0n) is 19.3. The first-order chi connectivity index (χ1) is 16.5. The minimum absolute atomic E-state index is 0.230. The molecular formula is C23H34N4O7. The number of ether oxygens (including phenoxy) is 3. The number of carbonyl (C=O) groups excluding carboxylic acids is 3. The number of rotatable bonds is 15. The molecule has 1 aromatic carbocycles. The van der Waals surface area contributed by atoms with Crippen molar-refractivity contribution in [2.45, 2.75) is 38.0 Å². The van der Waals surface area contributed by atoms with E-state index in [9.17, 15) is 19.5 Å². The predicted molar refractivity (Wildman–Crippen MR) is 123 cm³/mol. The van der Waals surface area contributed by atoms with Crippen molar-refractivity contribution in [1.82, 2.24) is 10.2 Å². The average Bonchev–Trinajstić information content (AvgIpc) is 3.08. The second kappa shape index (κ2) is 13.4. The molecule has 2 unspecified atom stereocenters. The molecular weight excluding hydrogens is 444 g/mol. The maximum Gasteiger partial charge on any atom is 0.264 e. The lowest BCUT2D eigenvalue weighted by Crippen LogP contribution is -2.55. The molecule has 0 aliphatic carbocycles. The van der Waals surface area contributed by atoms with Gasteiger partial charge in [-0.1, -0.05) is 6.07 Å². The molecule has 3 amide bonds. The molecule has 0 radical (unpaired) electrons. The van der Waals surface area contributed by atoms with Crippen LogP contribution in [0.15, 0.2) is 18.2 Å². The van der Waals surface area contributed by atoms with E-state index in [1.807, 2.05) is 0 Å². The summed E-state index contributed by atoms with van der Waals surface area (Å²) in [5, 5.41) is 15.2. The summed E-state index contributed by atoms with van der Waals surface area (Å²) in [7, 11) is 0. The number of benzene rings is 1. The molecule has 5 N–H and O–H groups in total. The summed E-state index contributed by atoms with van der Waals surface area (Å²) in [6.07, 6.45) is 1.20. The highest BCUT2D eigenvalue weighted by molar-refractivity contribution is 6.25. The van der Waals surface area contributed by atoms with E-state index in [0.29, 0.717) is 58.4 Å². The highest BCUT2D eigenvalue weighted by Gasteiger charge is 2.45. The average molecular weight is 479 g/mol. The molecule has 3 rings (SSSR count). The maximum absolute atomic E-state index is 13.1. The largest absolute Gasteiger partial charge is 0.384 e. The molecule has 188 valence electrons. The third-order valence-electron chi connectivity index (χ3n) is 5.62. The number of aliphatic hydroxyl groups is 1. The first-order valence-electron chi connectivity index (χ1n) is 11.7. The number of imide groups is 1. The Labute approximate surface area is 198 Å². The highest BCUT2D eigenvalue weighted by atomic mass is 16.5. The molecule has 11 nitrogen and oxygen atoms in total. The number of amides is 3. The van der Waals surface area contributed by atoms with Crippen LogP contribution in [0.4, 0.5) is 5.69 Å². The van der Waals surface area contributed by atoms with E-state index in [0.717, 1.165) is 17.7 Å². The predicted octanol–water partition coefficient (Wildman–Crippen LogP) is 0.0802. The van der Waals surface area contributed by atoms with Gasteiger partial charge in [0.15, 0.2) is 0 Å². The van der Waals surface area contributed by atoms with Crippen molar-refractivity contribution in [3.63, 3.8) is 0 Å². The standard InChI is InChI=1S/C23H34N4O7/c24-8-11-33-13-15-34-14-12-32-10-2-1-9-25-17-5-3-4-16-20(17)23(31)27(22(16)30)18-6-7-19(28)26-21(18)29/h3-5,18-19,25,28H,1-2,6-15,24H2,(H,26,29). The van der Waals surface area contributed by atoms with Crippen molar-refractivity contribution < 1.29 is 33.7 Å². The van der Waals surface area contributed by atoms with Gasteiger partial charge >= 0.3 is 0 Å². The number of nitrogens with zero attached hydrogens (tertiary/aromatic N) is 1. The Kier molecular flexibility index (Phi) is 10.2. The van der Waals surface area contributed by atoms with Gasteiger partial charge in [0.25, 0.3) is 11.8 Å². The Morgan fingerprint density at radius 2 is 1.68 bits per heavy atom. The Balaban J connectivity index is 1.38. The lowest BCUT2D eigenvalue weighted by atomic mass is 10.0. The number of carbonyl (C=O) groups is 3. The van der Waals surface area contributed by atoms with Crippen LogP contribution in [0.1, 0.15) is 46.4 Å². The lowest BCUT2D eigenvalue weighted by Gasteiger charge is -2.31. The van der Waals surface area contributed by atoms with Crippen molar-refractivity contribution in [2.24, 2.45) is 5.73 Å². The molecule has 1 aromatic rings. The smallest absolute Gasteiger partial charge is 0.264 e. The van der Waals surface area contributed by atoms with Crippen LogP contribution in [-0.2, 0) is 19.0 Å². The minimum Gasteiger partial charge on any atom is -0.384 e. The fraction of sp³-hybridized carbons (Fsp3) is 0.609. The summed E-state index contributed by atoms with van der Waals surface area (Å²) in [4.78, 5) is 39.2. The molecule has 2 atom stereocenters. The van der Waals surface area contributed by atoms with E-state index in [4.69, 9.17) is 19.9 Å². The second-order valence-electron chi connectivity index (χ2n) is 8.09. The summed E-state index contributed by atoms with van der Waals surface area (Å²) >= 11 is 0. The number of piperidine rings is 1. The molecule has 2 aliphatic heterocycles. The van der Waals surface area contributed by atoms with Gasteiger partial charge in [0.05, 0.1) is 44.2 Å². The lowest BCUT2D eigenvalue weighted by molar-refractivity contribution is -0.131. The maximum atomic E-state index is 13.1. The number of fused-ring (bicyclic) bond motifs is 1. The van der Waals surface area contributed by atoms with Crippen molar-refractivity contribution >= 4 is 23.4 Å². The Bertz CT molecular complexity index is 851. The minimum atomic E-state index is -0.950. The topological polar surface area (TPSA) is 152 Å². The van der Waals surface area contributed by atoms with Gasteiger partial charge in [-0.15, -0.1) is 0 Å². The van der Waals surface area contributed by atoms with Gasteiger partial charge in [-0.25, -0.2) is 0 Å². The Morgan fingerprint density at radius 1 is 0.971 bits per heavy atom. The fourth-order valence-electron chi connectivity index (χ4n) is 3.94. The normalized spacial score (nSPS) is 19.9. The molecule has 1 saturated heterocycles. The van der Waals surface area contributed by atoms with Gasteiger partial charge < -0.3 is 35.7 Å². The summed E-state index contributed by atoms with van der Waals surface area (Å²) in [5.74, 6) is -1.49. The molecule has 0 bridgehead atoms. The number of nitrogens with one attached hydrogen (secondary N) is 2. The van der Waals surface area contributed by atoms with E-state index in [1.165, 1.54) is 0 Å². The van der Waals surface area contributed by atoms with Crippen LogP contribution in [-0.4, -0.2) is 92.7 Å². The Morgan fingerprint density at radius 3 is 2.38 bits per heavy atom. The molecule has 2 heterocycles. The highest BCUT2D eigenvalue weighted by Crippen LogP contribution is 2.32. The number of nitrogens with two attached hydrogens (primary N) is 1.